The van der Waals surface area contributed by atoms with Crippen LogP contribution in [-0.4, -0.2) is 60.8 Å². The molecule has 1 atom stereocenters. The molecule has 13 heteroatoms. The molecular weight excluding hydrogens is 577 g/mol. The second-order valence-corrected chi connectivity index (χ2v) is 11.0. The van der Waals surface area contributed by atoms with Crippen molar-refractivity contribution in [3.63, 3.8) is 0 Å². The Balaban J connectivity index is 1.61. The summed E-state index contributed by atoms with van der Waals surface area (Å²) in [5, 5.41) is 24.9. The number of rotatable bonds is 12. The lowest BCUT2D eigenvalue weighted by atomic mass is 9.78. The van der Waals surface area contributed by atoms with Crippen molar-refractivity contribution in [1.82, 2.24) is 24.8 Å². The maximum absolute atomic E-state index is 13.3. The first-order chi connectivity index (χ1) is 21.0. The van der Waals surface area contributed by atoms with Gasteiger partial charge in [-0.05, 0) is 55.9 Å². The van der Waals surface area contributed by atoms with E-state index in [4.69, 9.17) is 10.1 Å². The van der Waals surface area contributed by atoms with Gasteiger partial charge in [-0.25, -0.2) is 19.7 Å². The number of fused-ring (bicyclic) bond motifs is 1. The molecule has 0 aliphatic heterocycles. The minimum Gasteiger partial charge on any atom is -0.475 e. The summed E-state index contributed by atoms with van der Waals surface area (Å²) < 4.78 is 41.5. The van der Waals surface area contributed by atoms with Crippen LogP contribution in [0, 0.1) is 12.8 Å². The molecule has 1 aliphatic rings. The van der Waals surface area contributed by atoms with Crippen molar-refractivity contribution in [2.75, 3.05) is 18.5 Å². The van der Waals surface area contributed by atoms with Gasteiger partial charge < -0.3 is 25.4 Å². The molecule has 5 rings (SSSR count). The van der Waals surface area contributed by atoms with Crippen molar-refractivity contribution in [3.8, 4) is 11.4 Å². The lowest BCUT2D eigenvalue weighted by Gasteiger charge is -2.34. The number of alkyl halides is 3. The van der Waals surface area contributed by atoms with Crippen LogP contribution in [0.1, 0.15) is 59.4 Å². The van der Waals surface area contributed by atoms with E-state index in [-0.39, 0.29) is 55.4 Å². The van der Waals surface area contributed by atoms with Gasteiger partial charge >= 0.3 is 12.1 Å². The molecular formula is C31H33F3N6O4. The molecule has 0 radical (unpaired) electrons. The number of amides is 1. The molecule has 4 N–H and O–H groups in total. The van der Waals surface area contributed by atoms with Crippen LogP contribution in [0.5, 0.6) is 0 Å². The third-order valence-corrected chi connectivity index (χ3v) is 7.85. The number of halogens is 3. The number of hydrogen-bond donors (Lipinski definition) is 4. The van der Waals surface area contributed by atoms with Crippen molar-refractivity contribution in [3.05, 3.63) is 71.0 Å². The standard InChI is InChI=1S/C31H33F3N6O4/c1-18-4-2-7-21(16-18)29-39-27-25(40(29)17-19-8-10-22(11-9-19)31(32,33)34)26(37-28(38-27)30(43)44)36-23(20-5-3-6-20)12-13-24(42)35-14-15-41/h2,4,7-11,16,20,23,41H,3,5-6,12-15,17H2,1H3,(H,35,42)(H,43,44)(H,36,37,38)/t23-/m1/s1. The van der Waals surface area contributed by atoms with E-state index in [1.807, 2.05) is 31.2 Å². The van der Waals surface area contributed by atoms with Crippen LogP contribution in [0.15, 0.2) is 48.5 Å². The molecule has 2 aromatic heterocycles. The van der Waals surface area contributed by atoms with Gasteiger partial charge in [0.2, 0.25) is 11.7 Å². The Hall–Kier alpha value is -4.52. The number of hydrogen-bond acceptors (Lipinski definition) is 7. The Labute approximate surface area is 251 Å². The molecule has 2 heterocycles. The summed E-state index contributed by atoms with van der Waals surface area (Å²) in [6.07, 6.45) is -0.967. The largest absolute Gasteiger partial charge is 0.475 e. The van der Waals surface area contributed by atoms with Crippen LogP contribution >= 0.6 is 0 Å². The van der Waals surface area contributed by atoms with Crippen LogP contribution in [0.2, 0.25) is 0 Å². The van der Waals surface area contributed by atoms with E-state index in [2.05, 4.69) is 20.6 Å². The van der Waals surface area contributed by atoms with Gasteiger partial charge in [-0.2, -0.15) is 13.2 Å². The lowest BCUT2D eigenvalue weighted by Crippen LogP contribution is -2.36. The van der Waals surface area contributed by atoms with Crippen LogP contribution in [0.3, 0.4) is 0 Å². The number of aryl methyl sites for hydroxylation is 1. The maximum Gasteiger partial charge on any atom is 0.416 e. The molecule has 0 bridgehead atoms. The lowest BCUT2D eigenvalue weighted by molar-refractivity contribution is -0.137. The quantitative estimate of drug-likeness (QED) is 0.175. The smallest absolute Gasteiger partial charge is 0.416 e. The predicted octanol–water partition coefficient (Wildman–Crippen LogP) is 5.04. The fraction of sp³-hybridized carbons (Fsp3) is 0.387. The first-order valence-corrected chi connectivity index (χ1v) is 14.4. The first-order valence-electron chi connectivity index (χ1n) is 14.4. The molecule has 1 amide bonds. The number of imidazole rings is 1. The molecule has 10 nitrogen and oxygen atoms in total. The van der Waals surface area contributed by atoms with Crippen molar-refractivity contribution >= 4 is 28.9 Å². The highest BCUT2D eigenvalue weighted by molar-refractivity contribution is 5.92. The average Bonchev–Trinajstić information content (AvgIpc) is 3.32. The van der Waals surface area contributed by atoms with E-state index in [9.17, 15) is 27.9 Å². The number of benzene rings is 2. The summed E-state index contributed by atoms with van der Waals surface area (Å²) in [5.74, 6) is -1.11. The number of nitrogens with zero attached hydrogens (tertiary/aromatic N) is 4. The number of aromatic carboxylic acids is 1. The van der Waals surface area contributed by atoms with E-state index < -0.39 is 23.5 Å². The van der Waals surface area contributed by atoms with Gasteiger partial charge in [0, 0.05) is 31.1 Å². The summed E-state index contributed by atoms with van der Waals surface area (Å²) in [6.45, 7) is 2.01. The summed E-state index contributed by atoms with van der Waals surface area (Å²) in [6, 6.07) is 12.1. The highest BCUT2D eigenvalue weighted by Gasteiger charge is 2.31. The van der Waals surface area contributed by atoms with Gasteiger partial charge in [-0.3, -0.25) is 4.79 Å². The van der Waals surface area contributed by atoms with Gasteiger partial charge in [-0.1, -0.05) is 42.3 Å². The summed E-state index contributed by atoms with van der Waals surface area (Å²) in [7, 11) is 0. The Bertz CT molecular complexity index is 1650. The van der Waals surface area contributed by atoms with Gasteiger partial charge in [0.15, 0.2) is 11.5 Å². The van der Waals surface area contributed by atoms with Crippen molar-refractivity contribution in [1.29, 1.82) is 0 Å². The summed E-state index contributed by atoms with van der Waals surface area (Å²) in [5.41, 5.74) is 2.00. The van der Waals surface area contributed by atoms with Gasteiger partial charge in [0.05, 0.1) is 12.2 Å². The van der Waals surface area contributed by atoms with Crippen molar-refractivity contribution in [2.45, 2.75) is 57.8 Å². The summed E-state index contributed by atoms with van der Waals surface area (Å²) in [4.78, 5) is 37.7. The fourth-order valence-corrected chi connectivity index (χ4v) is 5.39. The van der Waals surface area contributed by atoms with Crippen LogP contribution in [-0.2, 0) is 17.5 Å². The van der Waals surface area contributed by atoms with Crippen LogP contribution < -0.4 is 10.6 Å². The minimum atomic E-state index is -4.48. The minimum absolute atomic E-state index is 0.111. The molecule has 0 spiro atoms. The number of carboxylic acids is 1. The topological polar surface area (TPSA) is 142 Å². The number of aliphatic hydroxyl groups excluding tert-OH is 1. The molecule has 232 valence electrons. The zero-order valence-electron chi connectivity index (χ0n) is 24.1. The zero-order chi connectivity index (χ0) is 31.4. The van der Waals surface area contributed by atoms with Gasteiger partial charge in [0.1, 0.15) is 11.3 Å². The van der Waals surface area contributed by atoms with E-state index in [1.165, 1.54) is 12.1 Å². The second kappa shape index (κ2) is 13.0. The van der Waals surface area contributed by atoms with Gasteiger partial charge in [-0.15, -0.1) is 0 Å². The Morgan fingerprint density at radius 1 is 1.09 bits per heavy atom. The molecule has 0 unspecified atom stereocenters. The molecule has 1 fully saturated rings. The van der Waals surface area contributed by atoms with Crippen LogP contribution in [0.25, 0.3) is 22.6 Å². The molecule has 1 saturated carbocycles. The molecule has 0 saturated heterocycles. The SMILES string of the molecule is Cc1cccc(-c2nc3nc(C(=O)O)nc(N[C@H](CCC(=O)NCCO)C4CCC4)c3n2Cc2ccc(C(F)(F)F)cc2)c1. The normalized spacial score (nSPS) is 14.3. The average molecular weight is 611 g/mol. The summed E-state index contributed by atoms with van der Waals surface area (Å²) >= 11 is 0. The first kappa shape index (κ1) is 30.9. The van der Waals surface area contributed by atoms with E-state index >= 15 is 0 Å². The number of carbonyl (C=O) groups excluding carboxylic acids is 1. The molecule has 1 aliphatic carbocycles. The highest BCUT2D eigenvalue weighted by Crippen LogP contribution is 2.36. The van der Waals surface area contributed by atoms with Crippen molar-refractivity contribution in [2.24, 2.45) is 5.92 Å². The maximum atomic E-state index is 13.3. The van der Waals surface area contributed by atoms with E-state index in [1.54, 1.807) is 4.57 Å². The fourth-order valence-electron chi connectivity index (χ4n) is 5.39. The molecule has 4 aromatic rings. The Morgan fingerprint density at radius 2 is 1.84 bits per heavy atom. The van der Waals surface area contributed by atoms with Gasteiger partial charge in [0.25, 0.3) is 0 Å². The number of anilines is 1. The number of nitrogens with one attached hydrogen (secondary N) is 2. The third-order valence-electron chi connectivity index (χ3n) is 7.85. The third kappa shape index (κ3) is 6.99. The zero-order valence-corrected chi connectivity index (χ0v) is 24.1. The van der Waals surface area contributed by atoms with E-state index in [0.29, 0.717) is 28.9 Å². The number of aromatic nitrogens is 4. The van der Waals surface area contributed by atoms with Crippen molar-refractivity contribution < 1.29 is 33.0 Å². The van der Waals surface area contributed by atoms with E-state index in [0.717, 1.165) is 37.0 Å². The monoisotopic (exact) mass is 610 g/mol. The molecule has 2 aromatic carbocycles. The number of aliphatic hydroxyl groups is 1. The molecule has 44 heavy (non-hydrogen) atoms. The Morgan fingerprint density at radius 3 is 2.45 bits per heavy atom. The number of carbonyl (C=O) groups is 2. The predicted molar refractivity (Wildman–Crippen MR) is 157 cm³/mol. The second-order valence-electron chi connectivity index (χ2n) is 11.0. The Kier molecular flexibility index (Phi) is 9.14. The highest BCUT2D eigenvalue weighted by atomic mass is 19.4. The number of carboxylic acid groups (broad SMARTS) is 1. The van der Waals surface area contributed by atoms with Crippen LogP contribution in [0.4, 0.5) is 19.0 Å².